The van der Waals surface area contributed by atoms with Gasteiger partial charge in [0.25, 0.3) is 11.8 Å². The van der Waals surface area contributed by atoms with Crippen molar-refractivity contribution in [3.05, 3.63) is 17.5 Å². The zero-order valence-electron chi connectivity index (χ0n) is 15.0. The predicted molar refractivity (Wildman–Crippen MR) is 91.1 cm³/mol. The van der Waals surface area contributed by atoms with Gasteiger partial charge in [0.2, 0.25) is 5.91 Å². The van der Waals surface area contributed by atoms with Crippen LogP contribution in [0.4, 0.5) is 0 Å². The molecule has 1 fully saturated rings. The normalized spacial score (nSPS) is 24.0. The summed E-state index contributed by atoms with van der Waals surface area (Å²) in [6.07, 6.45) is 5.41. The molecule has 8 nitrogen and oxygen atoms in total. The topological polar surface area (TPSA) is 96.3 Å². The van der Waals surface area contributed by atoms with Crippen molar-refractivity contribution in [1.82, 2.24) is 25.3 Å². The van der Waals surface area contributed by atoms with E-state index in [-0.39, 0.29) is 36.0 Å². The number of fused-ring (bicyclic) bond motifs is 1. The van der Waals surface area contributed by atoms with Gasteiger partial charge in [-0.05, 0) is 19.8 Å². The molecule has 1 unspecified atom stereocenters. The fourth-order valence-electron chi connectivity index (χ4n) is 3.55. The summed E-state index contributed by atoms with van der Waals surface area (Å²) in [4.78, 5) is 38.9. The van der Waals surface area contributed by atoms with Gasteiger partial charge >= 0.3 is 0 Å². The predicted octanol–water partition coefficient (Wildman–Crippen LogP) is 0.536. The Bertz CT molecular complexity index is 707. The van der Waals surface area contributed by atoms with Crippen LogP contribution in [0.15, 0.2) is 6.07 Å². The number of carbonyl (C=O) groups excluding carboxylic acids is 3. The maximum absolute atomic E-state index is 12.9. The van der Waals surface area contributed by atoms with Gasteiger partial charge in [-0.15, -0.1) is 0 Å². The molecule has 0 saturated heterocycles. The molecule has 0 spiro atoms. The number of likely N-dealkylation sites (N-methyl/N-ethyl adjacent to an activating group) is 1. The Morgan fingerprint density at radius 1 is 1.28 bits per heavy atom. The fraction of sp³-hybridized carbons (Fsp3) is 0.647. The van der Waals surface area contributed by atoms with Crippen LogP contribution in [-0.2, 0) is 11.3 Å². The van der Waals surface area contributed by atoms with E-state index in [4.69, 9.17) is 0 Å². The smallest absolute Gasteiger partial charge is 0.272 e. The van der Waals surface area contributed by atoms with Gasteiger partial charge in [0.05, 0.1) is 6.54 Å². The standard InChI is InChI=1S/C17H25N5O3/c1-17(16(25)19-11-7-5-4-6-8-11)10-22-13(15(24)21(17)3)9-12(20-22)14(23)18-2/h9,11H,4-8,10H2,1-3H3,(H,18,23)(H,19,25). The SMILES string of the molecule is CNC(=O)c1cc2n(n1)CC(C)(C(=O)NC1CCCCC1)N(C)C2=O. The third kappa shape index (κ3) is 3.01. The first-order valence-corrected chi connectivity index (χ1v) is 8.76. The fourth-order valence-corrected chi connectivity index (χ4v) is 3.55. The van der Waals surface area contributed by atoms with E-state index in [2.05, 4.69) is 15.7 Å². The van der Waals surface area contributed by atoms with Gasteiger partial charge in [-0.1, -0.05) is 19.3 Å². The first-order chi connectivity index (χ1) is 11.9. The lowest BCUT2D eigenvalue weighted by atomic mass is 9.92. The van der Waals surface area contributed by atoms with Crippen molar-refractivity contribution in [2.75, 3.05) is 14.1 Å². The van der Waals surface area contributed by atoms with Crippen molar-refractivity contribution in [1.29, 1.82) is 0 Å². The van der Waals surface area contributed by atoms with E-state index < -0.39 is 5.54 Å². The number of hydrogen-bond acceptors (Lipinski definition) is 4. The summed E-state index contributed by atoms with van der Waals surface area (Å²) in [6.45, 7) is 1.97. The Hall–Kier alpha value is -2.38. The highest BCUT2D eigenvalue weighted by molar-refractivity contribution is 6.01. The molecule has 2 aliphatic rings. The summed E-state index contributed by atoms with van der Waals surface area (Å²) < 4.78 is 1.47. The highest BCUT2D eigenvalue weighted by Gasteiger charge is 2.46. The lowest BCUT2D eigenvalue weighted by Gasteiger charge is -2.41. The third-order valence-electron chi connectivity index (χ3n) is 5.39. The first kappa shape index (κ1) is 17.4. The highest BCUT2D eigenvalue weighted by atomic mass is 16.2. The second-order valence-electron chi connectivity index (χ2n) is 7.10. The molecule has 1 aliphatic carbocycles. The molecule has 1 saturated carbocycles. The van der Waals surface area contributed by atoms with Crippen LogP contribution in [0.1, 0.15) is 60.0 Å². The first-order valence-electron chi connectivity index (χ1n) is 8.76. The molecule has 136 valence electrons. The molecule has 1 aromatic rings. The number of hydrogen-bond donors (Lipinski definition) is 2. The molecule has 8 heteroatoms. The number of rotatable bonds is 3. The Kier molecular flexibility index (Phi) is 4.53. The number of amides is 3. The van der Waals surface area contributed by atoms with Crippen molar-refractivity contribution in [2.24, 2.45) is 0 Å². The molecule has 3 rings (SSSR count). The number of nitrogens with one attached hydrogen (secondary N) is 2. The van der Waals surface area contributed by atoms with Crippen LogP contribution in [0.3, 0.4) is 0 Å². The molecule has 0 aromatic carbocycles. The Morgan fingerprint density at radius 2 is 1.96 bits per heavy atom. The summed E-state index contributed by atoms with van der Waals surface area (Å²) in [5.74, 6) is -0.834. The molecule has 2 N–H and O–H groups in total. The molecular weight excluding hydrogens is 322 g/mol. The number of nitrogens with zero attached hydrogens (tertiary/aromatic N) is 3. The average Bonchev–Trinajstić information content (AvgIpc) is 3.03. The van der Waals surface area contributed by atoms with Crippen molar-refractivity contribution in [3.63, 3.8) is 0 Å². The van der Waals surface area contributed by atoms with E-state index in [0.29, 0.717) is 5.69 Å². The lowest BCUT2D eigenvalue weighted by Crippen LogP contribution is -2.63. The van der Waals surface area contributed by atoms with Gasteiger partial charge in [-0.25, -0.2) is 0 Å². The van der Waals surface area contributed by atoms with E-state index in [1.807, 2.05) is 0 Å². The summed E-state index contributed by atoms with van der Waals surface area (Å²) >= 11 is 0. The van der Waals surface area contributed by atoms with Gasteiger partial charge < -0.3 is 15.5 Å². The Labute approximate surface area is 146 Å². The van der Waals surface area contributed by atoms with E-state index in [1.165, 1.54) is 29.1 Å². The molecule has 1 aromatic heterocycles. The summed E-state index contributed by atoms with van der Waals surface area (Å²) in [7, 11) is 3.13. The number of carbonyl (C=O) groups is 3. The van der Waals surface area contributed by atoms with Gasteiger partial charge in [-0.2, -0.15) is 5.10 Å². The molecule has 3 amide bonds. The zero-order chi connectivity index (χ0) is 18.2. The maximum atomic E-state index is 12.9. The quantitative estimate of drug-likeness (QED) is 0.834. The largest absolute Gasteiger partial charge is 0.354 e. The molecule has 25 heavy (non-hydrogen) atoms. The zero-order valence-corrected chi connectivity index (χ0v) is 15.0. The van der Waals surface area contributed by atoms with Gasteiger partial charge in [-0.3, -0.25) is 19.1 Å². The van der Waals surface area contributed by atoms with Gasteiger partial charge in [0.1, 0.15) is 11.2 Å². The van der Waals surface area contributed by atoms with Crippen LogP contribution >= 0.6 is 0 Å². The molecule has 1 aliphatic heterocycles. The van der Waals surface area contributed by atoms with Crippen molar-refractivity contribution >= 4 is 17.7 Å². The van der Waals surface area contributed by atoms with Crippen LogP contribution in [0, 0.1) is 0 Å². The molecule has 1 atom stereocenters. The molecule has 0 radical (unpaired) electrons. The van der Waals surface area contributed by atoms with Crippen LogP contribution < -0.4 is 10.6 Å². The van der Waals surface area contributed by atoms with E-state index >= 15 is 0 Å². The summed E-state index contributed by atoms with van der Waals surface area (Å²) in [5.41, 5.74) is -0.534. The van der Waals surface area contributed by atoms with Crippen LogP contribution in [-0.4, -0.2) is 58.1 Å². The highest BCUT2D eigenvalue weighted by Crippen LogP contribution is 2.27. The van der Waals surface area contributed by atoms with Gasteiger partial charge in [0, 0.05) is 26.2 Å². The minimum atomic E-state index is -1.03. The van der Waals surface area contributed by atoms with Crippen LogP contribution in [0.5, 0.6) is 0 Å². The lowest BCUT2D eigenvalue weighted by molar-refractivity contribution is -0.133. The minimum absolute atomic E-state index is 0.169. The van der Waals surface area contributed by atoms with Crippen molar-refractivity contribution < 1.29 is 14.4 Å². The van der Waals surface area contributed by atoms with Crippen LogP contribution in [0.2, 0.25) is 0 Å². The van der Waals surface area contributed by atoms with E-state index in [1.54, 1.807) is 14.0 Å². The van der Waals surface area contributed by atoms with E-state index in [9.17, 15) is 14.4 Å². The maximum Gasteiger partial charge on any atom is 0.272 e. The van der Waals surface area contributed by atoms with Crippen molar-refractivity contribution in [3.8, 4) is 0 Å². The Balaban J connectivity index is 1.84. The molecular formula is C17H25N5O3. The third-order valence-corrected chi connectivity index (χ3v) is 5.39. The second-order valence-corrected chi connectivity index (χ2v) is 7.10. The molecule has 2 heterocycles. The van der Waals surface area contributed by atoms with E-state index in [0.717, 1.165) is 25.7 Å². The average molecular weight is 347 g/mol. The summed E-state index contributed by atoms with van der Waals surface area (Å²) in [6, 6.07) is 1.64. The van der Waals surface area contributed by atoms with Crippen LogP contribution in [0.25, 0.3) is 0 Å². The second kappa shape index (κ2) is 6.50. The summed E-state index contributed by atoms with van der Waals surface area (Å²) in [5, 5.41) is 9.80. The van der Waals surface area contributed by atoms with Gasteiger partial charge in [0.15, 0.2) is 5.69 Å². The minimum Gasteiger partial charge on any atom is -0.354 e. The Morgan fingerprint density at radius 3 is 2.60 bits per heavy atom. The monoisotopic (exact) mass is 347 g/mol. The van der Waals surface area contributed by atoms with Crippen molar-refractivity contribution in [2.45, 2.75) is 57.2 Å². The number of aromatic nitrogens is 2. The molecule has 0 bridgehead atoms.